The maximum Gasteiger partial charge on any atom is 0.488 e. The van der Waals surface area contributed by atoms with Crippen LogP contribution in [0, 0.1) is 0 Å². The van der Waals surface area contributed by atoms with Gasteiger partial charge < -0.3 is 19.2 Å². The summed E-state index contributed by atoms with van der Waals surface area (Å²) in [6, 6.07) is 12.5. The summed E-state index contributed by atoms with van der Waals surface area (Å²) in [5.41, 5.74) is 3.05. The summed E-state index contributed by atoms with van der Waals surface area (Å²) in [5.74, 6) is 1.58. The number of rotatable bonds is 3. The summed E-state index contributed by atoms with van der Waals surface area (Å²) in [7, 11) is -1.49. The molecule has 2 heterocycles. The number of nitrogens with zero attached hydrogens (tertiary/aromatic N) is 2. The van der Waals surface area contributed by atoms with E-state index in [1.165, 1.54) is 0 Å². The second-order valence-electron chi connectivity index (χ2n) is 5.30. The van der Waals surface area contributed by atoms with Crippen LogP contribution in [0.4, 0.5) is 0 Å². The molecule has 1 aliphatic rings. The molecule has 3 aromatic rings. The van der Waals surface area contributed by atoms with Gasteiger partial charge in [-0.15, -0.1) is 10.2 Å². The Morgan fingerprint density at radius 2 is 1.74 bits per heavy atom. The van der Waals surface area contributed by atoms with Crippen molar-refractivity contribution in [3.63, 3.8) is 0 Å². The molecule has 0 saturated carbocycles. The minimum absolute atomic E-state index is 0.370. The van der Waals surface area contributed by atoms with E-state index in [1.807, 2.05) is 18.2 Å². The van der Waals surface area contributed by atoms with Crippen LogP contribution < -0.4 is 10.2 Å². The third-order valence-corrected chi connectivity index (χ3v) is 3.83. The quantitative estimate of drug-likeness (QED) is 0.702. The van der Waals surface area contributed by atoms with E-state index in [0.29, 0.717) is 29.4 Å². The SMILES string of the molecule is OB(O)c1ccc(-c2nnc(-c3cccc4c3OCC4)o2)cc1. The third kappa shape index (κ3) is 2.50. The summed E-state index contributed by atoms with van der Waals surface area (Å²) >= 11 is 0. The average molecular weight is 308 g/mol. The lowest BCUT2D eigenvalue weighted by atomic mass is 9.80. The van der Waals surface area contributed by atoms with Crippen LogP contribution in [0.2, 0.25) is 0 Å². The van der Waals surface area contributed by atoms with Crippen LogP contribution in [0.25, 0.3) is 22.9 Å². The first-order chi connectivity index (χ1) is 11.2. The molecule has 0 spiro atoms. The lowest BCUT2D eigenvalue weighted by molar-refractivity contribution is 0.357. The van der Waals surface area contributed by atoms with Gasteiger partial charge in [-0.3, -0.25) is 0 Å². The highest BCUT2D eigenvalue weighted by molar-refractivity contribution is 6.58. The molecule has 4 rings (SSSR count). The Hall–Kier alpha value is -2.64. The molecule has 0 fully saturated rings. The Labute approximate surface area is 132 Å². The Balaban J connectivity index is 1.68. The van der Waals surface area contributed by atoms with Crippen molar-refractivity contribution < 1.29 is 19.2 Å². The largest absolute Gasteiger partial charge is 0.492 e. The molecule has 6 nitrogen and oxygen atoms in total. The predicted molar refractivity (Wildman–Crippen MR) is 84.2 cm³/mol. The third-order valence-electron chi connectivity index (χ3n) is 3.83. The molecular formula is C16H13BN2O4. The molecule has 114 valence electrons. The molecule has 0 unspecified atom stereocenters. The van der Waals surface area contributed by atoms with Gasteiger partial charge in [0, 0.05) is 12.0 Å². The summed E-state index contributed by atoms with van der Waals surface area (Å²) in [4.78, 5) is 0. The summed E-state index contributed by atoms with van der Waals surface area (Å²) < 4.78 is 11.4. The van der Waals surface area contributed by atoms with Gasteiger partial charge in [-0.05, 0) is 29.2 Å². The van der Waals surface area contributed by atoms with Gasteiger partial charge in [0.05, 0.1) is 12.2 Å². The van der Waals surface area contributed by atoms with Gasteiger partial charge in [-0.25, -0.2) is 0 Å². The normalized spacial score (nSPS) is 12.8. The minimum Gasteiger partial charge on any atom is -0.492 e. The monoisotopic (exact) mass is 308 g/mol. The van der Waals surface area contributed by atoms with Crippen molar-refractivity contribution in [3.05, 3.63) is 48.0 Å². The first kappa shape index (κ1) is 14.0. The van der Waals surface area contributed by atoms with Gasteiger partial charge in [-0.2, -0.15) is 0 Å². The molecule has 1 aliphatic heterocycles. The van der Waals surface area contributed by atoms with Gasteiger partial charge in [-0.1, -0.05) is 24.3 Å². The van der Waals surface area contributed by atoms with Gasteiger partial charge >= 0.3 is 7.12 Å². The topological polar surface area (TPSA) is 88.6 Å². The molecule has 0 bridgehead atoms. The van der Waals surface area contributed by atoms with Crippen molar-refractivity contribution in [2.24, 2.45) is 0 Å². The molecule has 7 heteroatoms. The molecule has 1 aromatic heterocycles. The molecule has 0 aliphatic carbocycles. The Morgan fingerprint density at radius 1 is 0.957 bits per heavy atom. The van der Waals surface area contributed by atoms with Gasteiger partial charge in [0.15, 0.2) is 0 Å². The van der Waals surface area contributed by atoms with Crippen molar-refractivity contribution in [2.75, 3.05) is 6.61 Å². The lowest BCUT2D eigenvalue weighted by Gasteiger charge is -2.03. The van der Waals surface area contributed by atoms with E-state index in [1.54, 1.807) is 24.3 Å². The molecule has 2 aromatic carbocycles. The van der Waals surface area contributed by atoms with Crippen LogP contribution in [0.15, 0.2) is 46.9 Å². The Kier molecular flexibility index (Phi) is 3.36. The highest BCUT2D eigenvalue weighted by Crippen LogP contribution is 2.36. The van der Waals surface area contributed by atoms with Crippen molar-refractivity contribution in [1.29, 1.82) is 0 Å². The molecule has 0 radical (unpaired) electrons. The summed E-state index contributed by atoms with van der Waals surface area (Å²) in [6.07, 6.45) is 0.884. The van der Waals surface area contributed by atoms with Crippen LogP contribution in [0.1, 0.15) is 5.56 Å². The fourth-order valence-electron chi connectivity index (χ4n) is 2.63. The number of benzene rings is 2. The second kappa shape index (κ2) is 5.53. The van der Waals surface area contributed by atoms with Crippen LogP contribution in [-0.4, -0.2) is 34.0 Å². The number of para-hydroxylation sites is 1. The van der Waals surface area contributed by atoms with Crippen molar-refractivity contribution in [2.45, 2.75) is 6.42 Å². The van der Waals surface area contributed by atoms with E-state index >= 15 is 0 Å². The standard InChI is InChI=1S/C16H13BN2O4/c20-17(21)12-6-4-11(5-7-12)15-18-19-16(23-15)13-3-1-2-10-8-9-22-14(10)13/h1-7,20-21H,8-9H2. The molecule has 0 amide bonds. The van der Waals surface area contributed by atoms with E-state index in [-0.39, 0.29) is 0 Å². The maximum atomic E-state index is 9.12. The van der Waals surface area contributed by atoms with E-state index in [9.17, 15) is 0 Å². The fraction of sp³-hybridized carbons (Fsp3) is 0.125. The predicted octanol–water partition coefficient (Wildman–Crippen LogP) is 1.02. The Bertz CT molecular complexity index is 846. The average Bonchev–Trinajstić information content (AvgIpc) is 3.24. The maximum absolute atomic E-state index is 9.12. The van der Waals surface area contributed by atoms with Gasteiger partial charge in [0.1, 0.15) is 5.75 Å². The molecular weight excluding hydrogens is 295 g/mol. The molecule has 2 N–H and O–H groups in total. The minimum atomic E-state index is -1.49. The van der Waals surface area contributed by atoms with Gasteiger partial charge in [0.2, 0.25) is 5.89 Å². The second-order valence-corrected chi connectivity index (χ2v) is 5.30. The number of aromatic nitrogens is 2. The van der Waals surface area contributed by atoms with Crippen LogP contribution in [0.5, 0.6) is 5.75 Å². The fourth-order valence-corrected chi connectivity index (χ4v) is 2.63. The zero-order chi connectivity index (χ0) is 15.8. The molecule has 23 heavy (non-hydrogen) atoms. The summed E-state index contributed by atoms with van der Waals surface area (Å²) in [6.45, 7) is 0.665. The van der Waals surface area contributed by atoms with Crippen molar-refractivity contribution in [3.8, 4) is 28.7 Å². The lowest BCUT2D eigenvalue weighted by Crippen LogP contribution is -2.29. The van der Waals surface area contributed by atoms with Gasteiger partial charge in [0.25, 0.3) is 5.89 Å². The summed E-state index contributed by atoms with van der Waals surface area (Å²) in [5, 5.41) is 26.4. The number of ether oxygens (including phenoxy) is 1. The first-order valence-corrected chi connectivity index (χ1v) is 7.27. The smallest absolute Gasteiger partial charge is 0.488 e. The number of hydrogen-bond acceptors (Lipinski definition) is 6. The van der Waals surface area contributed by atoms with Crippen LogP contribution in [-0.2, 0) is 6.42 Å². The highest BCUT2D eigenvalue weighted by Gasteiger charge is 2.21. The zero-order valence-electron chi connectivity index (χ0n) is 12.1. The van der Waals surface area contributed by atoms with E-state index in [0.717, 1.165) is 23.3 Å². The highest BCUT2D eigenvalue weighted by atomic mass is 16.5. The van der Waals surface area contributed by atoms with Crippen LogP contribution >= 0.6 is 0 Å². The number of hydrogen-bond donors (Lipinski definition) is 2. The first-order valence-electron chi connectivity index (χ1n) is 7.27. The molecule has 0 atom stereocenters. The van der Waals surface area contributed by atoms with E-state index < -0.39 is 7.12 Å². The van der Waals surface area contributed by atoms with E-state index in [4.69, 9.17) is 19.2 Å². The molecule has 0 saturated heterocycles. The Morgan fingerprint density at radius 3 is 2.52 bits per heavy atom. The zero-order valence-corrected chi connectivity index (χ0v) is 12.1. The van der Waals surface area contributed by atoms with E-state index in [2.05, 4.69) is 10.2 Å². The van der Waals surface area contributed by atoms with Crippen molar-refractivity contribution >= 4 is 12.6 Å². The van der Waals surface area contributed by atoms with Crippen molar-refractivity contribution in [1.82, 2.24) is 10.2 Å². The van der Waals surface area contributed by atoms with Crippen LogP contribution in [0.3, 0.4) is 0 Å². The number of fused-ring (bicyclic) bond motifs is 1.